The first-order chi connectivity index (χ1) is 15.6. The average Bonchev–Trinajstić information content (AvgIpc) is 2.82. The summed E-state index contributed by atoms with van der Waals surface area (Å²) in [6.07, 6.45) is 9.52. The highest BCUT2D eigenvalue weighted by molar-refractivity contribution is 5.62. The van der Waals surface area contributed by atoms with Gasteiger partial charge in [-0.1, -0.05) is 37.5 Å². The van der Waals surface area contributed by atoms with E-state index in [4.69, 9.17) is 0 Å². The van der Waals surface area contributed by atoms with E-state index in [0.717, 1.165) is 36.2 Å². The number of rotatable bonds is 5. The second kappa shape index (κ2) is 9.49. The highest BCUT2D eigenvalue weighted by Gasteiger charge is 2.13. The lowest BCUT2D eigenvalue weighted by molar-refractivity contribution is -0.671. The van der Waals surface area contributed by atoms with Crippen molar-refractivity contribution >= 4 is 11.8 Å². The van der Waals surface area contributed by atoms with Crippen LogP contribution >= 0.6 is 0 Å². The molecule has 0 spiro atoms. The zero-order valence-corrected chi connectivity index (χ0v) is 18.6. The Kier molecular flexibility index (Phi) is 6.32. The maximum absolute atomic E-state index is 13.1. The Morgan fingerprint density at radius 1 is 1.25 bits per heavy atom. The Morgan fingerprint density at radius 3 is 2.88 bits per heavy atom. The van der Waals surface area contributed by atoms with E-state index in [2.05, 4.69) is 35.7 Å². The fourth-order valence-corrected chi connectivity index (χ4v) is 3.67. The topological polar surface area (TPSA) is 50.3 Å². The van der Waals surface area contributed by atoms with Crippen molar-refractivity contribution in [3.8, 4) is 17.5 Å². The third-order valence-electron chi connectivity index (χ3n) is 5.28. The van der Waals surface area contributed by atoms with E-state index >= 15 is 0 Å². The summed E-state index contributed by atoms with van der Waals surface area (Å²) in [5.41, 5.74) is 4.63. The molecule has 0 amide bonds. The van der Waals surface area contributed by atoms with Crippen LogP contribution in [0.1, 0.15) is 36.5 Å². The molecule has 5 nitrogen and oxygen atoms in total. The minimum Gasteiger partial charge on any atom is -0.385 e. The molecule has 2 aromatic heterocycles. The smallest absolute Gasteiger partial charge is 0.199 e. The zero-order valence-electron chi connectivity index (χ0n) is 18.6. The second-order valence-corrected chi connectivity index (χ2v) is 7.82. The van der Waals surface area contributed by atoms with E-state index < -0.39 is 0 Å². The lowest BCUT2D eigenvalue weighted by atomic mass is 10.1. The number of pyridine rings is 2. The molecule has 1 aromatic carbocycles. The molecule has 0 atom stereocenters. The molecule has 0 aliphatic carbocycles. The van der Waals surface area contributed by atoms with E-state index in [-0.39, 0.29) is 5.43 Å². The van der Waals surface area contributed by atoms with Crippen molar-refractivity contribution in [1.29, 1.82) is 0 Å². The van der Waals surface area contributed by atoms with Gasteiger partial charge in [-0.2, -0.15) is 0 Å². The summed E-state index contributed by atoms with van der Waals surface area (Å²) in [7, 11) is 1.98. The van der Waals surface area contributed by atoms with Crippen LogP contribution in [-0.2, 0) is 7.05 Å². The predicted molar refractivity (Wildman–Crippen MR) is 128 cm³/mol. The van der Waals surface area contributed by atoms with Gasteiger partial charge in [0, 0.05) is 42.3 Å². The van der Waals surface area contributed by atoms with Gasteiger partial charge < -0.3 is 9.88 Å². The van der Waals surface area contributed by atoms with Gasteiger partial charge in [-0.05, 0) is 37.1 Å². The minimum absolute atomic E-state index is 0.0267. The van der Waals surface area contributed by atoms with Gasteiger partial charge in [0.2, 0.25) is 0 Å². The number of hydrogen-bond donors (Lipinski definition) is 1. The predicted octanol–water partition coefficient (Wildman–Crippen LogP) is 1.84. The van der Waals surface area contributed by atoms with Crippen LogP contribution in [0, 0.1) is 11.8 Å². The third kappa shape index (κ3) is 4.55. The molecule has 4 rings (SSSR count). The Bertz CT molecular complexity index is 1420. The van der Waals surface area contributed by atoms with Gasteiger partial charge in [-0.3, -0.25) is 9.79 Å². The summed E-state index contributed by atoms with van der Waals surface area (Å²) in [5, 5.41) is 3.89. The Hall–Kier alpha value is -3.91. The summed E-state index contributed by atoms with van der Waals surface area (Å²) in [6.45, 7) is 7.63. The highest BCUT2D eigenvalue weighted by atomic mass is 16.1. The van der Waals surface area contributed by atoms with E-state index in [1.165, 1.54) is 0 Å². The molecule has 1 aliphatic rings. The van der Waals surface area contributed by atoms with Gasteiger partial charge in [0.25, 0.3) is 0 Å². The number of aromatic nitrogens is 2. The normalized spacial score (nSPS) is 11.9. The molecule has 3 heterocycles. The molecule has 0 radical (unpaired) electrons. The van der Waals surface area contributed by atoms with Crippen LogP contribution in [-0.4, -0.2) is 17.7 Å². The third-order valence-corrected chi connectivity index (χ3v) is 5.28. The van der Waals surface area contributed by atoms with E-state index in [9.17, 15) is 4.79 Å². The highest BCUT2D eigenvalue weighted by Crippen LogP contribution is 2.11. The Morgan fingerprint density at radius 2 is 2.06 bits per heavy atom. The van der Waals surface area contributed by atoms with Crippen LogP contribution < -0.4 is 26.0 Å². The van der Waals surface area contributed by atoms with Crippen LogP contribution in [0.4, 0.5) is 0 Å². The number of aryl methyl sites for hydroxylation is 1. The van der Waals surface area contributed by atoms with Crippen molar-refractivity contribution in [2.45, 2.75) is 19.8 Å². The monoisotopic (exact) mass is 423 g/mol. The van der Waals surface area contributed by atoms with Gasteiger partial charge >= 0.3 is 0 Å². The van der Waals surface area contributed by atoms with Crippen molar-refractivity contribution in [2.24, 2.45) is 12.0 Å². The van der Waals surface area contributed by atoms with E-state index in [1.807, 2.05) is 77.2 Å². The van der Waals surface area contributed by atoms with Crippen LogP contribution in [0.15, 0.2) is 71.4 Å². The van der Waals surface area contributed by atoms with Crippen molar-refractivity contribution in [1.82, 2.24) is 9.88 Å². The lowest BCUT2D eigenvalue weighted by Gasteiger charge is -2.15. The van der Waals surface area contributed by atoms with Gasteiger partial charge in [0.1, 0.15) is 12.5 Å². The van der Waals surface area contributed by atoms with Crippen LogP contribution in [0.2, 0.25) is 0 Å². The molecule has 5 heteroatoms. The van der Waals surface area contributed by atoms with Crippen molar-refractivity contribution in [3.05, 3.63) is 99.2 Å². The Balaban J connectivity index is 1.81. The SMILES string of the molecule is C=C(NCCC)c1cn(-c2cccc(C#Cc3ccc[n+](C)c3)c2)c2c(c1=O)=CCCN=2. The van der Waals surface area contributed by atoms with Crippen LogP contribution in [0.25, 0.3) is 17.5 Å². The molecule has 1 aliphatic heterocycles. The number of nitrogens with one attached hydrogen (secondary N) is 1. The van der Waals surface area contributed by atoms with Gasteiger partial charge in [0.15, 0.2) is 17.8 Å². The molecule has 1 N–H and O–H groups in total. The first-order valence-electron chi connectivity index (χ1n) is 10.9. The van der Waals surface area contributed by atoms with E-state index in [0.29, 0.717) is 28.5 Å². The molecule has 0 fully saturated rings. The number of hydrogen-bond acceptors (Lipinski definition) is 3. The molecule has 3 aromatic rings. The van der Waals surface area contributed by atoms with Crippen molar-refractivity contribution in [2.75, 3.05) is 13.1 Å². The van der Waals surface area contributed by atoms with Gasteiger partial charge in [-0.25, -0.2) is 4.57 Å². The molecule has 32 heavy (non-hydrogen) atoms. The largest absolute Gasteiger partial charge is 0.385 e. The quantitative estimate of drug-likeness (QED) is 0.503. The number of benzene rings is 1. The lowest BCUT2D eigenvalue weighted by Crippen LogP contribution is -2.48. The molecule has 0 saturated carbocycles. The van der Waals surface area contributed by atoms with Crippen molar-refractivity contribution in [3.63, 3.8) is 0 Å². The zero-order chi connectivity index (χ0) is 22.5. The van der Waals surface area contributed by atoms with Gasteiger partial charge in [0.05, 0.1) is 16.3 Å². The first-order valence-corrected chi connectivity index (χ1v) is 10.9. The van der Waals surface area contributed by atoms with Crippen molar-refractivity contribution < 1.29 is 4.57 Å². The molecule has 160 valence electrons. The first kappa shape index (κ1) is 21.3. The average molecular weight is 424 g/mol. The summed E-state index contributed by atoms with van der Waals surface area (Å²) in [6, 6.07) is 12.0. The molecule has 0 saturated heterocycles. The summed E-state index contributed by atoms with van der Waals surface area (Å²) in [5.74, 6) is 6.47. The fourth-order valence-electron chi connectivity index (χ4n) is 3.67. The van der Waals surface area contributed by atoms with Gasteiger partial charge in [-0.15, -0.1) is 0 Å². The maximum atomic E-state index is 13.1. The summed E-state index contributed by atoms with van der Waals surface area (Å²) >= 11 is 0. The number of nitrogens with zero attached hydrogens (tertiary/aromatic N) is 3. The summed E-state index contributed by atoms with van der Waals surface area (Å²) < 4.78 is 3.96. The maximum Gasteiger partial charge on any atom is 0.199 e. The Labute approximate surface area is 188 Å². The molecular formula is C27H27N4O+. The number of fused-ring (bicyclic) bond motifs is 1. The second-order valence-electron chi connectivity index (χ2n) is 7.82. The van der Waals surface area contributed by atoms with Crippen LogP contribution in [0.5, 0.6) is 0 Å². The van der Waals surface area contributed by atoms with E-state index in [1.54, 1.807) is 0 Å². The van der Waals surface area contributed by atoms with Crippen LogP contribution in [0.3, 0.4) is 0 Å². The fraction of sp³-hybridized carbons (Fsp3) is 0.222. The summed E-state index contributed by atoms with van der Waals surface area (Å²) in [4.78, 5) is 17.8. The standard InChI is InChI=1S/C27H27N4O/c1-4-14-28-20(2)25-19-31(27-24(26(25)32)11-6-15-29-27)23-10-5-8-21(17-23)12-13-22-9-7-16-30(3)18-22/h5,7-11,16-19,28H,2,4,6,14-15H2,1,3H3/q+1. The molecule has 0 unspecified atom stereocenters. The molecular weight excluding hydrogens is 396 g/mol. The molecule has 0 bridgehead atoms. The minimum atomic E-state index is -0.0267.